The summed E-state index contributed by atoms with van der Waals surface area (Å²) in [5.74, 6) is 1.57. The second-order valence-electron chi connectivity index (χ2n) is 5.66. The quantitative estimate of drug-likeness (QED) is 0.648. The number of carbonyl (C=O) groups is 1. The summed E-state index contributed by atoms with van der Waals surface area (Å²) in [7, 11) is 1.63. The maximum absolute atomic E-state index is 12.0. The molecule has 0 unspecified atom stereocenters. The molecule has 5 nitrogen and oxygen atoms in total. The number of ether oxygens (including phenoxy) is 2. The molecule has 2 aromatic rings. The van der Waals surface area contributed by atoms with Crippen molar-refractivity contribution >= 4 is 11.6 Å². The third kappa shape index (κ3) is 6.85. The molecule has 0 radical (unpaired) electrons. The molecule has 0 bridgehead atoms. The van der Waals surface area contributed by atoms with Crippen molar-refractivity contribution in [2.75, 3.05) is 25.6 Å². The van der Waals surface area contributed by atoms with Gasteiger partial charge in [0, 0.05) is 18.7 Å². The van der Waals surface area contributed by atoms with Crippen molar-refractivity contribution in [1.82, 2.24) is 5.32 Å². The van der Waals surface area contributed by atoms with Gasteiger partial charge in [0.25, 0.3) is 0 Å². The number of amides is 1. The average Bonchev–Trinajstić information content (AvgIpc) is 2.64. The van der Waals surface area contributed by atoms with E-state index in [1.165, 1.54) is 0 Å². The molecular formula is C20H26N2O3. The molecule has 0 saturated heterocycles. The lowest BCUT2D eigenvalue weighted by Crippen LogP contribution is -2.14. The Kier molecular flexibility index (Phi) is 7.79. The fraction of sp³-hybridized carbons (Fsp3) is 0.350. The molecule has 5 heteroatoms. The van der Waals surface area contributed by atoms with E-state index in [4.69, 9.17) is 9.47 Å². The SMILES string of the molecule is CCNCc1cccc(NC(=O)CCCOc2ccc(OC)cc2)c1. The van der Waals surface area contributed by atoms with Crippen LogP contribution in [0.3, 0.4) is 0 Å². The average molecular weight is 342 g/mol. The molecule has 2 aromatic carbocycles. The fourth-order valence-corrected chi connectivity index (χ4v) is 2.35. The molecule has 2 rings (SSSR count). The Bertz CT molecular complexity index is 656. The zero-order chi connectivity index (χ0) is 17.9. The maximum atomic E-state index is 12.0. The second-order valence-corrected chi connectivity index (χ2v) is 5.66. The van der Waals surface area contributed by atoms with Crippen LogP contribution in [0.5, 0.6) is 11.5 Å². The highest BCUT2D eigenvalue weighted by Crippen LogP contribution is 2.17. The Morgan fingerprint density at radius 1 is 1.08 bits per heavy atom. The van der Waals surface area contributed by atoms with Gasteiger partial charge in [-0.25, -0.2) is 0 Å². The highest BCUT2D eigenvalue weighted by atomic mass is 16.5. The summed E-state index contributed by atoms with van der Waals surface area (Å²) < 4.78 is 10.7. The summed E-state index contributed by atoms with van der Waals surface area (Å²) in [4.78, 5) is 12.0. The number of nitrogens with one attached hydrogen (secondary N) is 2. The maximum Gasteiger partial charge on any atom is 0.224 e. The molecule has 0 aliphatic carbocycles. The first-order chi connectivity index (χ1) is 12.2. The first-order valence-electron chi connectivity index (χ1n) is 8.57. The predicted molar refractivity (Wildman–Crippen MR) is 100 cm³/mol. The lowest BCUT2D eigenvalue weighted by molar-refractivity contribution is -0.116. The van der Waals surface area contributed by atoms with Crippen LogP contribution in [0.25, 0.3) is 0 Å². The van der Waals surface area contributed by atoms with E-state index in [9.17, 15) is 4.79 Å². The van der Waals surface area contributed by atoms with Crippen LogP contribution in [-0.2, 0) is 11.3 Å². The van der Waals surface area contributed by atoms with E-state index in [0.717, 1.165) is 35.8 Å². The number of hydrogen-bond donors (Lipinski definition) is 2. The van der Waals surface area contributed by atoms with E-state index in [1.807, 2.05) is 48.5 Å². The number of carbonyl (C=O) groups excluding carboxylic acids is 1. The standard InChI is InChI=1S/C20H26N2O3/c1-3-21-15-16-6-4-7-17(14-16)22-20(23)8-5-13-25-19-11-9-18(24-2)10-12-19/h4,6-7,9-12,14,21H,3,5,8,13,15H2,1-2H3,(H,22,23). The van der Waals surface area contributed by atoms with Gasteiger partial charge in [-0.2, -0.15) is 0 Å². The molecule has 0 heterocycles. The highest BCUT2D eigenvalue weighted by molar-refractivity contribution is 5.90. The van der Waals surface area contributed by atoms with Gasteiger partial charge >= 0.3 is 0 Å². The van der Waals surface area contributed by atoms with Crippen LogP contribution in [0.15, 0.2) is 48.5 Å². The first kappa shape index (κ1) is 18.8. The van der Waals surface area contributed by atoms with E-state index < -0.39 is 0 Å². The zero-order valence-corrected chi connectivity index (χ0v) is 14.9. The van der Waals surface area contributed by atoms with Gasteiger partial charge in [0.15, 0.2) is 0 Å². The Labute approximate surface area is 149 Å². The van der Waals surface area contributed by atoms with E-state index in [0.29, 0.717) is 19.4 Å². The van der Waals surface area contributed by atoms with Crippen LogP contribution in [0.1, 0.15) is 25.3 Å². The Hall–Kier alpha value is -2.53. The van der Waals surface area contributed by atoms with Gasteiger partial charge in [0.1, 0.15) is 11.5 Å². The van der Waals surface area contributed by atoms with E-state index >= 15 is 0 Å². The van der Waals surface area contributed by atoms with E-state index in [-0.39, 0.29) is 5.91 Å². The number of rotatable bonds is 10. The number of methoxy groups -OCH3 is 1. The van der Waals surface area contributed by atoms with Crippen LogP contribution in [0.2, 0.25) is 0 Å². The molecule has 134 valence electrons. The molecule has 1 amide bonds. The van der Waals surface area contributed by atoms with Gasteiger partial charge in [-0.3, -0.25) is 4.79 Å². The molecule has 0 spiro atoms. The van der Waals surface area contributed by atoms with Crippen molar-refractivity contribution in [2.24, 2.45) is 0 Å². The lowest BCUT2D eigenvalue weighted by atomic mass is 10.2. The van der Waals surface area contributed by atoms with Crippen molar-refractivity contribution in [2.45, 2.75) is 26.3 Å². The Morgan fingerprint density at radius 2 is 1.84 bits per heavy atom. The second kappa shape index (κ2) is 10.4. The Balaban J connectivity index is 1.69. The topological polar surface area (TPSA) is 59.6 Å². The molecule has 0 atom stereocenters. The zero-order valence-electron chi connectivity index (χ0n) is 14.9. The van der Waals surface area contributed by atoms with Crippen molar-refractivity contribution in [3.63, 3.8) is 0 Å². The van der Waals surface area contributed by atoms with Crippen LogP contribution in [0.4, 0.5) is 5.69 Å². The van der Waals surface area contributed by atoms with Crippen molar-refractivity contribution in [1.29, 1.82) is 0 Å². The van der Waals surface area contributed by atoms with Crippen LogP contribution in [-0.4, -0.2) is 26.2 Å². The van der Waals surface area contributed by atoms with E-state index in [1.54, 1.807) is 7.11 Å². The summed E-state index contributed by atoms with van der Waals surface area (Å²) in [6.45, 7) is 4.29. The molecule has 0 aliphatic heterocycles. The smallest absolute Gasteiger partial charge is 0.224 e. The molecule has 2 N–H and O–H groups in total. The van der Waals surface area contributed by atoms with Gasteiger partial charge in [-0.1, -0.05) is 19.1 Å². The minimum Gasteiger partial charge on any atom is -0.497 e. The predicted octanol–water partition coefficient (Wildman–Crippen LogP) is 3.60. The Morgan fingerprint density at radius 3 is 2.56 bits per heavy atom. The lowest BCUT2D eigenvalue weighted by Gasteiger charge is -2.09. The summed E-state index contributed by atoms with van der Waals surface area (Å²) in [5, 5.41) is 6.21. The minimum atomic E-state index is -0.000989. The van der Waals surface area contributed by atoms with Crippen molar-refractivity contribution in [3.05, 3.63) is 54.1 Å². The van der Waals surface area contributed by atoms with Gasteiger partial charge in [0.05, 0.1) is 13.7 Å². The molecule has 0 aliphatic rings. The highest BCUT2D eigenvalue weighted by Gasteiger charge is 2.04. The third-order valence-electron chi connectivity index (χ3n) is 3.67. The summed E-state index contributed by atoms with van der Waals surface area (Å²) >= 11 is 0. The monoisotopic (exact) mass is 342 g/mol. The summed E-state index contributed by atoms with van der Waals surface area (Å²) in [6.07, 6.45) is 1.09. The number of benzene rings is 2. The van der Waals surface area contributed by atoms with Crippen molar-refractivity contribution in [3.8, 4) is 11.5 Å². The normalized spacial score (nSPS) is 10.3. The fourth-order valence-electron chi connectivity index (χ4n) is 2.35. The van der Waals surface area contributed by atoms with Gasteiger partial charge in [-0.05, 0) is 54.9 Å². The minimum absolute atomic E-state index is 0.000989. The first-order valence-corrected chi connectivity index (χ1v) is 8.57. The van der Waals surface area contributed by atoms with Gasteiger partial charge < -0.3 is 20.1 Å². The number of hydrogen-bond acceptors (Lipinski definition) is 4. The number of anilines is 1. The summed E-state index contributed by atoms with van der Waals surface area (Å²) in [5.41, 5.74) is 1.99. The summed E-state index contributed by atoms with van der Waals surface area (Å²) in [6, 6.07) is 15.3. The molecular weight excluding hydrogens is 316 g/mol. The van der Waals surface area contributed by atoms with Crippen LogP contribution in [0, 0.1) is 0 Å². The van der Waals surface area contributed by atoms with Gasteiger partial charge in [0.2, 0.25) is 5.91 Å². The molecule has 0 fully saturated rings. The molecule has 25 heavy (non-hydrogen) atoms. The third-order valence-corrected chi connectivity index (χ3v) is 3.67. The van der Waals surface area contributed by atoms with E-state index in [2.05, 4.69) is 17.6 Å². The van der Waals surface area contributed by atoms with Gasteiger partial charge in [-0.15, -0.1) is 0 Å². The van der Waals surface area contributed by atoms with Crippen LogP contribution >= 0.6 is 0 Å². The van der Waals surface area contributed by atoms with Crippen molar-refractivity contribution < 1.29 is 14.3 Å². The molecule has 0 aromatic heterocycles. The largest absolute Gasteiger partial charge is 0.497 e. The van der Waals surface area contributed by atoms with Crippen LogP contribution < -0.4 is 20.1 Å². The molecule has 0 saturated carbocycles.